The third-order valence-corrected chi connectivity index (χ3v) is 7.25. The van der Waals surface area contributed by atoms with E-state index in [0.717, 1.165) is 0 Å². The van der Waals surface area contributed by atoms with E-state index >= 15 is 0 Å². The van der Waals surface area contributed by atoms with Crippen LogP contribution >= 0.6 is 23.2 Å². The number of likely N-dealkylation sites (N-methyl/N-ethyl adjacent to an activating group) is 1. The Morgan fingerprint density at radius 3 is 2.39 bits per heavy atom. The number of halogens is 2. The van der Waals surface area contributed by atoms with Gasteiger partial charge in [-0.15, -0.1) is 0 Å². The van der Waals surface area contributed by atoms with E-state index in [1.165, 1.54) is 34.5 Å². The van der Waals surface area contributed by atoms with Gasteiger partial charge in [-0.25, -0.2) is 8.42 Å². The van der Waals surface area contributed by atoms with Gasteiger partial charge in [-0.2, -0.15) is 4.31 Å². The lowest BCUT2D eigenvalue weighted by atomic mass is 10.2. The summed E-state index contributed by atoms with van der Waals surface area (Å²) in [6.45, 7) is 0.845. The smallest absolute Gasteiger partial charge is 0.254 e. The summed E-state index contributed by atoms with van der Waals surface area (Å²) < 4.78 is 32.3. The minimum atomic E-state index is -3.83. The van der Waals surface area contributed by atoms with Crippen LogP contribution < -0.4 is 5.32 Å². The maximum Gasteiger partial charge on any atom is 0.254 e. The van der Waals surface area contributed by atoms with Gasteiger partial charge in [0.1, 0.15) is 4.90 Å². The summed E-state index contributed by atoms with van der Waals surface area (Å²) in [5, 5.41) is 3.17. The summed E-state index contributed by atoms with van der Waals surface area (Å²) in [6, 6.07) is 10.5. The number of rotatable bonds is 6. The van der Waals surface area contributed by atoms with E-state index in [4.69, 9.17) is 27.9 Å². The van der Waals surface area contributed by atoms with Crippen molar-refractivity contribution in [2.75, 3.05) is 45.2 Å². The molecule has 2 aromatic carbocycles. The number of nitrogens with one attached hydrogen (secondary N) is 1. The zero-order valence-electron chi connectivity index (χ0n) is 16.7. The number of amides is 2. The van der Waals surface area contributed by atoms with Gasteiger partial charge in [0.15, 0.2) is 0 Å². The molecule has 0 spiro atoms. The third kappa shape index (κ3) is 5.75. The van der Waals surface area contributed by atoms with Crippen LogP contribution in [0.3, 0.4) is 0 Å². The van der Waals surface area contributed by atoms with Crippen molar-refractivity contribution in [3.8, 4) is 0 Å². The quantitative estimate of drug-likeness (QED) is 0.678. The number of hydrogen-bond donors (Lipinski definition) is 1. The average Bonchev–Trinajstić information content (AvgIpc) is 2.75. The highest BCUT2D eigenvalue weighted by Crippen LogP contribution is 2.28. The summed E-state index contributed by atoms with van der Waals surface area (Å²) in [4.78, 5) is 26.0. The van der Waals surface area contributed by atoms with Crippen molar-refractivity contribution in [2.24, 2.45) is 0 Å². The molecule has 1 aliphatic heterocycles. The first kappa shape index (κ1) is 23.5. The number of carbonyl (C=O) groups is 2. The average molecular weight is 486 g/mol. The molecule has 31 heavy (non-hydrogen) atoms. The van der Waals surface area contributed by atoms with Gasteiger partial charge in [0.2, 0.25) is 15.9 Å². The standard InChI is InChI=1S/C20H21Cl2N3O5S/c1-24(20(27)14-2-4-15(21)5-3-14)13-19(26)23-16-6-7-17(22)18(12-16)31(28,29)25-8-10-30-11-9-25/h2-7,12H,8-11,13H2,1H3,(H,23,26). The molecule has 2 amide bonds. The van der Waals surface area contributed by atoms with Gasteiger partial charge in [-0.05, 0) is 42.5 Å². The second-order valence-electron chi connectivity index (χ2n) is 6.88. The number of ether oxygens (including phenoxy) is 1. The fourth-order valence-corrected chi connectivity index (χ4v) is 5.04. The van der Waals surface area contributed by atoms with Crippen LogP contribution in [0.4, 0.5) is 5.69 Å². The minimum Gasteiger partial charge on any atom is -0.379 e. The molecule has 8 nitrogen and oxygen atoms in total. The lowest BCUT2D eigenvalue weighted by Crippen LogP contribution is -2.40. The van der Waals surface area contributed by atoms with Gasteiger partial charge in [0, 0.05) is 36.4 Å². The Morgan fingerprint density at radius 2 is 1.74 bits per heavy atom. The SMILES string of the molecule is CN(CC(=O)Nc1ccc(Cl)c(S(=O)(=O)N2CCOCC2)c1)C(=O)c1ccc(Cl)cc1. The molecule has 1 aliphatic rings. The summed E-state index contributed by atoms with van der Waals surface area (Å²) >= 11 is 12.0. The maximum atomic E-state index is 12.9. The van der Waals surface area contributed by atoms with E-state index in [-0.39, 0.29) is 41.1 Å². The Labute approximate surface area is 190 Å². The van der Waals surface area contributed by atoms with E-state index in [0.29, 0.717) is 23.8 Å². The van der Waals surface area contributed by atoms with Crippen molar-refractivity contribution in [1.82, 2.24) is 9.21 Å². The Bertz CT molecular complexity index is 1070. The fraction of sp³-hybridized carbons (Fsp3) is 0.300. The number of benzene rings is 2. The second-order valence-corrected chi connectivity index (χ2v) is 9.63. The first-order valence-electron chi connectivity index (χ1n) is 9.37. The van der Waals surface area contributed by atoms with Crippen LogP contribution in [0.1, 0.15) is 10.4 Å². The molecule has 0 unspecified atom stereocenters. The zero-order chi connectivity index (χ0) is 22.6. The predicted molar refractivity (Wildman–Crippen MR) is 118 cm³/mol. The molecule has 3 rings (SSSR count). The van der Waals surface area contributed by atoms with Crippen molar-refractivity contribution in [3.63, 3.8) is 0 Å². The van der Waals surface area contributed by atoms with E-state index in [9.17, 15) is 18.0 Å². The van der Waals surface area contributed by atoms with E-state index in [1.807, 2.05) is 0 Å². The number of hydrogen-bond acceptors (Lipinski definition) is 5. The number of carbonyl (C=O) groups excluding carboxylic acids is 2. The summed E-state index contributed by atoms with van der Waals surface area (Å²) in [6.07, 6.45) is 0. The Kier molecular flexibility index (Phi) is 7.55. The molecule has 2 aromatic rings. The zero-order valence-corrected chi connectivity index (χ0v) is 19.0. The Hall–Kier alpha value is -2.17. The number of anilines is 1. The second kappa shape index (κ2) is 9.97. The molecular weight excluding hydrogens is 465 g/mol. The van der Waals surface area contributed by atoms with Crippen LogP contribution in [-0.4, -0.2) is 69.3 Å². The minimum absolute atomic E-state index is 0.0551. The van der Waals surface area contributed by atoms with Gasteiger partial charge >= 0.3 is 0 Å². The van der Waals surface area contributed by atoms with Crippen molar-refractivity contribution < 1.29 is 22.7 Å². The van der Waals surface area contributed by atoms with E-state index < -0.39 is 15.9 Å². The van der Waals surface area contributed by atoms with Crippen LogP contribution in [0.2, 0.25) is 10.0 Å². The predicted octanol–water partition coefficient (Wildman–Crippen LogP) is 2.73. The summed E-state index contributed by atoms with van der Waals surface area (Å²) in [5.74, 6) is -0.833. The number of morpholine rings is 1. The van der Waals surface area contributed by atoms with Crippen LogP contribution in [0.5, 0.6) is 0 Å². The largest absolute Gasteiger partial charge is 0.379 e. The molecular formula is C20H21Cl2N3O5S. The summed E-state index contributed by atoms with van der Waals surface area (Å²) in [7, 11) is -2.34. The lowest BCUT2D eigenvalue weighted by molar-refractivity contribution is -0.116. The molecule has 0 bridgehead atoms. The van der Waals surface area contributed by atoms with Crippen LogP contribution in [-0.2, 0) is 19.6 Å². The van der Waals surface area contributed by atoms with Gasteiger partial charge in [0.05, 0.1) is 24.8 Å². The van der Waals surface area contributed by atoms with Crippen LogP contribution in [0.15, 0.2) is 47.4 Å². The van der Waals surface area contributed by atoms with Crippen molar-refractivity contribution in [2.45, 2.75) is 4.90 Å². The van der Waals surface area contributed by atoms with Crippen LogP contribution in [0, 0.1) is 0 Å². The highest BCUT2D eigenvalue weighted by Gasteiger charge is 2.28. The normalized spacial score (nSPS) is 14.8. The molecule has 1 saturated heterocycles. The van der Waals surface area contributed by atoms with Gasteiger partial charge in [0.25, 0.3) is 5.91 Å². The molecule has 1 fully saturated rings. The summed E-state index contributed by atoms with van der Waals surface area (Å²) in [5.41, 5.74) is 0.652. The fourth-order valence-electron chi connectivity index (χ4n) is 3.01. The lowest BCUT2D eigenvalue weighted by Gasteiger charge is -2.26. The molecule has 0 aromatic heterocycles. The number of sulfonamides is 1. The van der Waals surface area contributed by atoms with E-state index in [2.05, 4.69) is 5.32 Å². The van der Waals surface area contributed by atoms with Crippen molar-refractivity contribution in [1.29, 1.82) is 0 Å². The van der Waals surface area contributed by atoms with Crippen LogP contribution in [0.25, 0.3) is 0 Å². The van der Waals surface area contributed by atoms with Gasteiger partial charge < -0.3 is 15.0 Å². The molecule has 0 aliphatic carbocycles. The molecule has 0 saturated carbocycles. The monoisotopic (exact) mass is 485 g/mol. The Morgan fingerprint density at radius 1 is 1.10 bits per heavy atom. The van der Waals surface area contributed by atoms with Crippen molar-refractivity contribution in [3.05, 3.63) is 58.1 Å². The maximum absolute atomic E-state index is 12.9. The molecule has 0 radical (unpaired) electrons. The molecule has 166 valence electrons. The highest BCUT2D eigenvalue weighted by atomic mass is 35.5. The van der Waals surface area contributed by atoms with Crippen molar-refractivity contribution >= 4 is 50.7 Å². The van der Waals surface area contributed by atoms with Gasteiger partial charge in [-0.3, -0.25) is 9.59 Å². The Balaban J connectivity index is 1.69. The molecule has 0 atom stereocenters. The molecule has 1 heterocycles. The molecule has 11 heteroatoms. The first-order valence-corrected chi connectivity index (χ1v) is 11.6. The third-order valence-electron chi connectivity index (χ3n) is 4.62. The number of nitrogens with zero attached hydrogens (tertiary/aromatic N) is 2. The van der Waals surface area contributed by atoms with Gasteiger partial charge in [-0.1, -0.05) is 23.2 Å². The van der Waals surface area contributed by atoms with E-state index in [1.54, 1.807) is 24.3 Å². The molecule has 1 N–H and O–H groups in total. The first-order chi connectivity index (χ1) is 14.7. The topological polar surface area (TPSA) is 96.0 Å². The highest BCUT2D eigenvalue weighted by molar-refractivity contribution is 7.89.